The Labute approximate surface area is 144 Å². The van der Waals surface area contributed by atoms with Crippen LogP contribution in [0.2, 0.25) is 0 Å². The highest BCUT2D eigenvalue weighted by atomic mass is 19.1. The van der Waals surface area contributed by atoms with Crippen molar-refractivity contribution in [3.8, 4) is 0 Å². The lowest BCUT2D eigenvalue weighted by Gasteiger charge is -2.35. The second kappa shape index (κ2) is 7.51. The van der Waals surface area contributed by atoms with Gasteiger partial charge in [0.25, 0.3) is 0 Å². The van der Waals surface area contributed by atoms with Crippen LogP contribution in [0.15, 0.2) is 29.3 Å². The first kappa shape index (κ1) is 17.2. The molecule has 0 bridgehead atoms. The van der Waals surface area contributed by atoms with Gasteiger partial charge in [-0.15, -0.1) is 0 Å². The van der Waals surface area contributed by atoms with E-state index < -0.39 is 0 Å². The summed E-state index contributed by atoms with van der Waals surface area (Å²) >= 11 is 0. The number of rotatable bonds is 4. The molecule has 2 aliphatic rings. The summed E-state index contributed by atoms with van der Waals surface area (Å²) in [5.41, 5.74) is 0.815. The molecule has 4 nitrogen and oxygen atoms in total. The Morgan fingerprint density at radius 1 is 1.21 bits per heavy atom. The molecule has 0 radical (unpaired) electrons. The number of guanidine groups is 1. The van der Waals surface area contributed by atoms with Crippen molar-refractivity contribution < 1.29 is 4.39 Å². The molecule has 0 amide bonds. The number of benzene rings is 1. The molecule has 1 heterocycles. The quantitative estimate of drug-likeness (QED) is 0.658. The number of hydrogen-bond acceptors (Lipinski definition) is 2. The molecule has 132 valence electrons. The van der Waals surface area contributed by atoms with Crippen molar-refractivity contribution in [2.75, 3.05) is 20.1 Å². The van der Waals surface area contributed by atoms with Crippen molar-refractivity contribution >= 4 is 5.96 Å². The minimum atomic E-state index is -0.101. The van der Waals surface area contributed by atoms with Gasteiger partial charge in [-0.1, -0.05) is 18.2 Å². The summed E-state index contributed by atoms with van der Waals surface area (Å²) in [5, 5.41) is 7.00. The molecule has 1 aromatic carbocycles. The SMILES string of the molecule is CN=C(NC1CCN(C(C)C)CC1)NC1CC1c1ccccc1F. The fourth-order valence-electron chi connectivity index (χ4n) is 3.57. The van der Waals surface area contributed by atoms with E-state index in [0.29, 0.717) is 12.1 Å². The monoisotopic (exact) mass is 332 g/mol. The van der Waals surface area contributed by atoms with Crippen LogP contribution in [0.3, 0.4) is 0 Å². The second-order valence-corrected chi connectivity index (χ2v) is 7.24. The summed E-state index contributed by atoms with van der Waals surface area (Å²) in [7, 11) is 1.80. The maximum absolute atomic E-state index is 13.9. The Balaban J connectivity index is 1.48. The Kier molecular flexibility index (Phi) is 5.39. The molecule has 2 atom stereocenters. The topological polar surface area (TPSA) is 39.7 Å². The molecule has 1 aromatic rings. The van der Waals surface area contributed by atoms with Crippen LogP contribution in [-0.2, 0) is 0 Å². The van der Waals surface area contributed by atoms with Gasteiger partial charge >= 0.3 is 0 Å². The highest BCUT2D eigenvalue weighted by Gasteiger charge is 2.40. The van der Waals surface area contributed by atoms with E-state index in [1.165, 1.54) is 0 Å². The number of hydrogen-bond donors (Lipinski definition) is 2. The summed E-state index contributed by atoms with van der Waals surface area (Å²) in [4.78, 5) is 6.87. The minimum absolute atomic E-state index is 0.101. The number of likely N-dealkylation sites (tertiary alicyclic amines) is 1. The number of halogens is 1. The molecule has 2 fully saturated rings. The highest BCUT2D eigenvalue weighted by molar-refractivity contribution is 5.80. The van der Waals surface area contributed by atoms with Crippen molar-refractivity contribution in [3.63, 3.8) is 0 Å². The summed E-state index contributed by atoms with van der Waals surface area (Å²) < 4.78 is 13.9. The zero-order valence-electron chi connectivity index (χ0n) is 14.9. The van der Waals surface area contributed by atoms with Gasteiger partial charge in [-0.05, 0) is 44.7 Å². The molecule has 2 N–H and O–H groups in total. The highest BCUT2D eigenvalue weighted by Crippen LogP contribution is 2.41. The van der Waals surface area contributed by atoms with Gasteiger partial charge in [0.2, 0.25) is 0 Å². The van der Waals surface area contributed by atoms with Gasteiger partial charge in [-0.25, -0.2) is 4.39 Å². The van der Waals surface area contributed by atoms with Gasteiger partial charge in [0.15, 0.2) is 5.96 Å². The van der Waals surface area contributed by atoms with Crippen LogP contribution in [-0.4, -0.2) is 49.1 Å². The van der Waals surface area contributed by atoms with Gasteiger partial charge in [0.1, 0.15) is 5.82 Å². The normalized spacial score (nSPS) is 25.8. The Bertz CT molecular complexity index is 578. The summed E-state index contributed by atoms with van der Waals surface area (Å²) in [6, 6.07) is 8.45. The third-order valence-corrected chi connectivity index (χ3v) is 5.24. The molecule has 5 heteroatoms. The molecule has 3 rings (SSSR count). The van der Waals surface area contributed by atoms with E-state index in [1.54, 1.807) is 19.2 Å². The number of nitrogens with one attached hydrogen (secondary N) is 2. The molecule has 24 heavy (non-hydrogen) atoms. The van der Waals surface area contributed by atoms with Crippen LogP contribution in [0.4, 0.5) is 4.39 Å². The van der Waals surface area contributed by atoms with Gasteiger partial charge in [-0.2, -0.15) is 0 Å². The van der Waals surface area contributed by atoms with E-state index in [9.17, 15) is 4.39 Å². The number of aliphatic imine (C=N–C) groups is 1. The zero-order valence-corrected chi connectivity index (χ0v) is 14.9. The molecular formula is C19H29FN4. The second-order valence-electron chi connectivity index (χ2n) is 7.24. The van der Waals surface area contributed by atoms with Crippen LogP contribution < -0.4 is 10.6 Å². The molecule has 2 unspecified atom stereocenters. The largest absolute Gasteiger partial charge is 0.354 e. The molecule has 0 spiro atoms. The van der Waals surface area contributed by atoms with Crippen molar-refractivity contribution in [1.82, 2.24) is 15.5 Å². The average Bonchev–Trinajstić information content (AvgIpc) is 3.34. The van der Waals surface area contributed by atoms with E-state index in [4.69, 9.17) is 0 Å². The van der Waals surface area contributed by atoms with Gasteiger partial charge < -0.3 is 15.5 Å². The lowest BCUT2D eigenvalue weighted by atomic mass is 10.0. The van der Waals surface area contributed by atoms with Crippen molar-refractivity contribution in [2.45, 2.75) is 57.2 Å². The van der Waals surface area contributed by atoms with Crippen molar-refractivity contribution in [1.29, 1.82) is 0 Å². The minimum Gasteiger partial charge on any atom is -0.354 e. The first-order valence-electron chi connectivity index (χ1n) is 9.06. The predicted molar refractivity (Wildman–Crippen MR) is 96.9 cm³/mol. The lowest BCUT2D eigenvalue weighted by molar-refractivity contribution is 0.167. The molecule has 1 saturated carbocycles. The van der Waals surface area contributed by atoms with Gasteiger partial charge in [-0.3, -0.25) is 4.99 Å². The third kappa shape index (κ3) is 4.07. The molecule has 1 aliphatic carbocycles. The first-order valence-corrected chi connectivity index (χ1v) is 9.06. The average molecular weight is 332 g/mol. The maximum Gasteiger partial charge on any atom is 0.191 e. The summed E-state index contributed by atoms with van der Waals surface area (Å²) in [6.45, 7) is 6.77. The summed E-state index contributed by atoms with van der Waals surface area (Å²) in [6.07, 6.45) is 3.24. The van der Waals surface area contributed by atoms with E-state index in [1.807, 2.05) is 12.1 Å². The maximum atomic E-state index is 13.9. The fraction of sp³-hybridized carbons (Fsp3) is 0.632. The Morgan fingerprint density at radius 2 is 1.92 bits per heavy atom. The van der Waals surface area contributed by atoms with Crippen LogP contribution in [0.5, 0.6) is 0 Å². The fourth-order valence-corrected chi connectivity index (χ4v) is 3.57. The Morgan fingerprint density at radius 3 is 2.54 bits per heavy atom. The standard InChI is InChI=1S/C19H29FN4/c1-13(2)24-10-8-14(9-11-24)22-19(21-3)23-18-12-16(18)15-6-4-5-7-17(15)20/h4-7,13-14,16,18H,8-12H2,1-3H3,(H2,21,22,23). The van der Waals surface area contributed by atoms with Crippen LogP contribution in [0.25, 0.3) is 0 Å². The van der Waals surface area contributed by atoms with E-state index in [2.05, 4.69) is 34.4 Å². The molecule has 1 aliphatic heterocycles. The summed E-state index contributed by atoms with van der Waals surface area (Å²) in [5.74, 6) is 1.00. The first-order chi connectivity index (χ1) is 11.6. The zero-order chi connectivity index (χ0) is 17.1. The Hall–Kier alpha value is -1.62. The van der Waals surface area contributed by atoms with Gasteiger partial charge in [0.05, 0.1) is 0 Å². The smallest absolute Gasteiger partial charge is 0.191 e. The number of piperidine rings is 1. The lowest BCUT2D eigenvalue weighted by Crippen LogP contribution is -2.50. The third-order valence-electron chi connectivity index (χ3n) is 5.24. The van der Waals surface area contributed by atoms with Crippen LogP contribution >= 0.6 is 0 Å². The van der Waals surface area contributed by atoms with E-state index >= 15 is 0 Å². The number of nitrogens with zero attached hydrogens (tertiary/aromatic N) is 2. The van der Waals surface area contributed by atoms with Crippen molar-refractivity contribution in [3.05, 3.63) is 35.6 Å². The van der Waals surface area contributed by atoms with E-state index in [-0.39, 0.29) is 17.8 Å². The molecular weight excluding hydrogens is 303 g/mol. The van der Waals surface area contributed by atoms with Crippen LogP contribution in [0, 0.1) is 5.82 Å². The predicted octanol–water partition coefficient (Wildman–Crippen LogP) is 2.72. The molecule has 1 saturated heterocycles. The van der Waals surface area contributed by atoms with E-state index in [0.717, 1.165) is 43.9 Å². The van der Waals surface area contributed by atoms with Crippen LogP contribution in [0.1, 0.15) is 44.6 Å². The molecule has 0 aromatic heterocycles. The van der Waals surface area contributed by atoms with Gasteiger partial charge in [0, 0.05) is 44.2 Å². The van der Waals surface area contributed by atoms with Crippen molar-refractivity contribution in [2.24, 2.45) is 4.99 Å².